The molecular weight excluding hydrogens is 288 g/mol. The van der Waals surface area contributed by atoms with Crippen molar-refractivity contribution in [3.05, 3.63) is 5.01 Å². The van der Waals surface area contributed by atoms with Crippen LogP contribution in [-0.2, 0) is 14.8 Å². The van der Waals surface area contributed by atoms with Crippen LogP contribution in [-0.4, -0.2) is 36.8 Å². The van der Waals surface area contributed by atoms with Crippen molar-refractivity contribution >= 4 is 32.4 Å². The van der Waals surface area contributed by atoms with E-state index in [1.165, 1.54) is 16.2 Å². The molecule has 1 saturated heterocycles. The van der Waals surface area contributed by atoms with Crippen LogP contribution < -0.4 is 10.0 Å². The smallest absolute Gasteiger partial charge is 0.229 e. The maximum Gasteiger partial charge on any atom is 0.229 e. The van der Waals surface area contributed by atoms with Crippen molar-refractivity contribution in [1.29, 1.82) is 0 Å². The summed E-state index contributed by atoms with van der Waals surface area (Å²) in [5, 5.41) is 14.7. The van der Waals surface area contributed by atoms with Gasteiger partial charge in [0.2, 0.25) is 21.1 Å². The molecule has 1 unspecified atom stereocenters. The Morgan fingerprint density at radius 2 is 2.11 bits per heavy atom. The van der Waals surface area contributed by atoms with Crippen LogP contribution in [0.5, 0.6) is 0 Å². The van der Waals surface area contributed by atoms with E-state index in [4.69, 9.17) is 5.14 Å². The third-order valence-corrected chi connectivity index (χ3v) is 5.31. The number of hydrogen-bond acceptors (Lipinski definition) is 6. The molecule has 1 aliphatic heterocycles. The van der Waals surface area contributed by atoms with Gasteiger partial charge in [-0.05, 0) is 12.8 Å². The first-order valence-electron chi connectivity index (χ1n) is 6.06. The molecule has 1 saturated carbocycles. The summed E-state index contributed by atoms with van der Waals surface area (Å²) in [6, 6.07) is 0. The Balaban J connectivity index is 1.72. The normalized spacial score (nSPS) is 24.2. The molecule has 0 spiro atoms. The number of nitrogens with two attached hydrogens (primary N) is 1. The predicted octanol–water partition coefficient (Wildman–Crippen LogP) is 0.0569. The predicted molar refractivity (Wildman–Crippen MR) is 70.3 cm³/mol. The van der Waals surface area contributed by atoms with Gasteiger partial charge in [-0.2, -0.15) is 0 Å². The maximum atomic E-state index is 11.9. The number of hydrogen-bond donors (Lipinski definition) is 1. The van der Waals surface area contributed by atoms with Crippen LogP contribution >= 0.6 is 11.3 Å². The summed E-state index contributed by atoms with van der Waals surface area (Å²) in [6.07, 6.45) is 2.47. The van der Waals surface area contributed by atoms with E-state index < -0.39 is 10.0 Å². The average molecular weight is 302 g/mol. The van der Waals surface area contributed by atoms with E-state index in [9.17, 15) is 13.2 Å². The zero-order chi connectivity index (χ0) is 13.6. The van der Waals surface area contributed by atoms with Crippen LogP contribution in [0.15, 0.2) is 0 Å². The molecule has 7 nitrogen and oxygen atoms in total. The van der Waals surface area contributed by atoms with Gasteiger partial charge < -0.3 is 0 Å². The first-order valence-corrected chi connectivity index (χ1v) is 8.60. The monoisotopic (exact) mass is 302 g/mol. The van der Waals surface area contributed by atoms with Crippen LogP contribution in [0.4, 0.5) is 5.13 Å². The lowest BCUT2D eigenvalue weighted by Gasteiger charge is -2.11. The Labute approximate surface area is 114 Å². The van der Waals surface area contributed by atoms with Crippen molar-refractivity contribution in [2.24, 2.45) is 11.1 Å². The van der Waals surface area contributed by atoms with E-state index >= 15 is 0 Å². The van der Waals surface area contributed by atoms with Gasteiger partial charge in [0, 0.05) is 24.8 Å². The third-order valence-electron chi connectivity index (χ3n) is 3.26. The molecule has 0 aromatic carbocycles. The summed E-state index contributed by atoms with van der Waals surface area (Å²) in [5.41, 5.74) is 0. The summed E-state index contributed by atoms with van der Waals surface area (Å²) >= 11 is 1.43. The lowest BCUT2D eigenvalue weighted by molar-refractivity contribution is -0.117. The molecule has 1 aromatic heterocycles. The highest BCUT2D eigenvalue weighted by Crippen LogP contribution is 2.43. The minimum atomic E-state index is -3.55. The van der Waals surface area contributed by atoms with Crippen molar-refractivity contribution < 1.29 is 13.2 Å². The van der Waals surface area contributed by atoms with Gasteiger partial charge in [0.1, 0.15) is 5.01 Å². The molecule has 0 bridgehead atoms. The van der Waals surface area contributed by atoms with E-state index in [1.54, 1.807) is 0 Å². The first-order chi connectivity index (χ1) is 8.92. The second-order valence-electron chi connectivity index (χ2n) is 5.10. The number of carbonyl (C=O) groups excluding carboxylic acids is 1. The Kier molecular flexibility index (Phi) is 3.06. The lowest BCUT2D eigenvalue weighted by atomic mass is 10.1. The van der Waals surface area contributed by atoms with E-state index in [1.807, 2.05) is 0 Å². The van der Waals surface area contributed by atoms with Gasteiger partial charge in [-0.15, -0.1) is 10.2 Å². The molecule has 2 aliphatic rings. The molecule has 2 N–H and O–H groups in total. The van der Waals surface area contributed by atoms with E-state index in [-0.39, 0.29) is 24.0 Å². The second-order valence-corrected chi connectivity index (χ2v) is 7.75. The van der Waals surface area contributed by atoms with Crippen LogP contribution in [0, 0.1) is 5.92 Å². The van der Waals surface area contributed by atoms with Gasteiger partial charge in [-0.3, -0.25) is 9.69 Å². The minimum Gasteiger partial charge on any atom is -0.286 e. The summed E-state index contributed by atoms with van der Waals surface area (Å²) in [4.78, 5) is 13.4. The molecule has 104 valence electrons. The molecule has 1 aliphatic carbocycles. The molecule has 3 rings (SSSR count). The zero-order valence-electron chi connectivity index (χ0n) is 10.2. The van der Waals surface area contributed by atoms with E-state index in [0.717, 1.165) is 17.8 Å². The van der Waals surface area contributed by atoms with Crippen molar-refractivity contribution in [3.63, 3.8) is 0 Å². The third kappa shape index (κ3) is 2.93. The summed E-state index contributed by atoms with van der Waals surface area (Å²) < 4.78 is 22.1. The van der Waals surface area contributed by atoms with Gasteiger partial charge in [0.05, 0.1) is 5.75 Å². The molecular formula is C10H14N4O3S2. The Hall–Kier alpha value is -1.06. The van der Waals surface area contributed by atoms with Crippen molar-refractivity contribution in [2.45, 2.75) is 25.2 Å². The lowest BCUT2D eigenvalue weighted by Crippen LogP contribution is -2.27. The van der Waals surface area contributed by atoms with Gasteiger partial charge in [-0.25, -0.2) is 13.6 Å². The van der Waals surface area contributed by atoms with Crippen LogP contribution in [0.1, 0.15) is 30.2 Å². The van der Waals surface area contributed by atoms with Gasteiger partial charge in [0.25, 0.3) is 0 Å². The zero-order valence-corrected chi connectivity index (χ0v) is 11.8. The number of primary sulfonamides is 1. The van der Waals surface area contributed by atoms with E-state index in [0.29, 0.717) is 17.6 Å². The summed E-state index contributed by atoms with van der Waals surface area (Å²) in [7, 11) is -3.55. The van der Waals surface area contributed by atoms with Crippen molar-refractivity contribution in [1.82, 2.24) is 10.2 Å². The molecule has 2 heterocycles. The summed E-state index contributed by atoms with van der Waals surface area (Å²) in [5.74, 6) is -0.0177. The highest BCUT2D eigenvalue weighted by molar-refractivity contribution is 7.89. The number of amides is 1. The molecule has 1 aromatic rings. The van der Waals surface area contributed by atoms with Gasteiger partial charge in [0.15, 0.2) is 0 Å². The maximum absolute atomic E-state index is 11.9. The number of nitrogens with zero attached hydrogens (tertiary/aromatic N) is 3. The van der Waals surface area contributed by atoms with Gasteiger partial charge in [-0.1, -0.05) is 11.3 Å². The number of aromatic nitrogens is 2. The first kappa shape index (κ1) is 12.9. The fraction of sp³-hybridized carbons (Fsp3) is 0.700. The Bertz CT molecular complexity index is 608. The molecule has 0 radical (unpaired) electrons. The van der Waals surface area contributed by atoms with Crippen molar-refractivity contribution in [3.8, 4) is 0 Å². The molecule has 1 atom stereocenters. The Morgan fingerprint density at radius 3 is 2.74 bits per heavy atom. The standard InChI is InChI=1S/C10H14N4O3S2/c11-19(16,17)5-6-3-8(15)14(4-6)10-13-12-9(18-10)7-1-2-7/h6-7H,1-5H2,(H2,11,16,17). The van der Waals surface area contributed by atoms with Gasteiger partial charge >= 0.3 is 0 Å². The molecule has 19 heavy (non-hydrogen) atoms. The number of anilines is 1. The average Bonchev–Trinajstić information content (AvgIpc) is 2.91. The number of sulfonamides is 1. The van der Waals surface area contributed by atoms with Crippen LogP contribution in [0.2, 0.25) is 0 Å². The fourth-order valence-electron chi connectivity index (χ4n) is 2.24. The summed E-state index contributed by atoms with van der Waals surface area (Å²) in [6.45, 7) is 0.356. The Morgan fingerprint density at radius 1 is 1.37 bits per heavy atom. The second kappa shape index (κ2) is 4.50. The van der Waals surface area contributed by atoms with E-state index in [2.05, 4.69) is 10.2 Å². The minimum absolute atomic E-state index is 0.104. The van der Waals surface area contributed by atoms with Crippen molar-refractivity contribution in [2.75, 3.05) is 17.2 Å². The number of carbonyl (C=O) groups is 1. The van der Waals surface area contributed by atoms with Crippen LogP contribution in [0.3, 0.4) is 0 Å². The highest BCUT2D eigenvalue weighted by atomic mass is 32.2. The largest absolute Gasteiger partial charge is 0.286 e. The SMILES string of the molecule is NS(=O)(=O)CC1CC(=O)N(c2nnc(C3CC3)s2)C1. The highest BCUT2D eigenvalue weighted by Gasteiger charge is 2.36. The fourth-order valence-corrected chi connectivity index (χ4v) is 4.16. The molecule has 2 fully saturated rings. The quantitative estimate of drug-likeness (QED) is 0.846. The number of rotatable bonds is 4. The topological polar surface area (TPSA) is 106 Å². The molecule has 9 heteroatoms. The van der Waals surface area contributed by atoms with Crippen LogP contribution in [0.25, 0.3) is 0 Å². The molecule has 1 amide bonds.